The van der Waals surface area contributed by atoms with Crippen molar-refractivity contribution in [3.05, 3.63) is 29.3 Å². The molecule has 0 saturated heterocycles. The van der Waals surface area contributed by atoms with E-state index in [0.29, 0.717) is 5.75 Å². The molecule has 0 spiro atoms. The third kappa shape index (κ3) is 3.71. The maximum absolute atomic E-state index is 12.4. The van der Waals surface area contributed by atoms with Gasteiger partial charge in [-0.25, -0.2) is 0 Å². The normalized spacial score (nSPS) is 12.4. The lowest BCUT2D eigenvalue weighted by Crippen LogP contribution is -2.42. The smallest absolute Gasteiger partial charge is 0.282 e. The van der Waals surface area contributed by atoms with Crippen LogP contribution in [0.5, 0.6) is 5.75 Å². The first kappa shape index (κ1) is 16.9. The molecule has 0 aliphatic carbocycles. The molecule has 1 rings (SSSR count). The van der Waals surface area contributed by atoms with Gasteiger partial charge >= 0.3 is 0 Å². The zero-order valence-corrected chi connectivity index (χ0v) is 13.9. The van der Waals surface area contributed by atoms with E-state index in [2.05, 4.69) is 0 Å². The van der Waals surface area contributed by atoms with Crippen molar-refractivity contribution in [3.63, 3.8) is 0 Å². The van der Waals surface area contributed by atoms with Gasteiger partial charge in [0.1, 0.15) is 5.75 Å². The molecule has 1 aromatic rings. The minimum atomic E-state index is -3.46. The van der Waals surface area contributed by atoms with Crippen LogP contribution >= 0.6 is 0 Å². The van der Waals surface area contributed by atoms with Crippen LogP contribution in [0.25, 0.3) is 0 Å². The summed E-state index contributed by atoms with van der Waals surface area (Å²) < 4.78 is 32.7. The molecule has 0 amide bonds. The number of hydrogen-bond donors (Lipinski definition) is 0. The molecule has 0 bridgehead atoms. The number of rotatable bonds is 6. The Kier molecular flexibility index (Phi) is 5.56. The van der Waals surface area contributed by atoms with E-state index in [0.717, 1.165) is 11.1 Å². The van der Waals surface area contributed by atoms with Gasteiger partial charge in [-0.15, -0.1) is 0 Å². The summed E-state index contributed by atoms with van der Waals surface area (Å²) in [5.74, 6) is 0.699. The van der Waals surface area contributed by atoms with Crippen molar-refractivity contribution >= 4 is 10.2 Å². The van der Waals surface area contributed by atoms with E-state index in [1.165, 1.54) is 8.61 Å². The first-order valence-electron chi connectivity index (χ1n) is 6.53. The Balaban J connectivity index is 3.01. The lowest BCUT2D eigenvalue weighted by molar-refractivity contribution is 0.350. The lowest BCUT2D eigenvalue weighted by atomic mass is 10.1. The van der Waals surface area contributed by atoms with Gasteiger partial charge in [-0.2, -0.15) is 17.0 Å². The molecule has 0 aliphatic rings. The van der Waals surface area contributed by atoms with Gasteiger partial charge in [0.05, 0.1) is 7.11 Å². The number of aryl methyl sites for hydroxylation is 1. The van der Waals surface area contributed by atoms with Crippen molar-refractivity contribution < 1.29 is 13.2 Å². The van der Waals surface area contributed by atoms with Crippen LogP contribution in [-0.4, -0.2) is 44.3 Å². The lowest BCUT2D eigenvalue weighted by Gasteiger charge is -2.27. The molecule has 114 valence electrons. The Morgan fingerprint density at radius 1 is 1.25 bits per heavy atom. The molecule has 0 N–H and O–H groups in total. The minimum Gasteiger partial charge on any atom is -0.496 e. The predicted molar refractivity (Wildman–Crippen MR) is 81.0 cm³/mol. The summed E-state index contributed by atoms with van der Waals surface area (Å²) >= 11 is 0. The molecule has 20 heavy (non-hydrogen) atoms. The summed E-state index contributed by atoms with van der Waals surface area (Å²) in [6.07, 6.45) is 0. The van der Waals surface area contributed by atoms with Crippen molar-refractivity contribution in [2.24, 2.45) is 0 Å². The third-order valence-corrected chi connectivity index (χ3v) is 5.38. The third-order valence-electron chi connectivity index (χ3n) is 3.31. The number of benzene rings is 1. The molecular weight excluding hydrogens is 276 g/mol. The zero-order chi connectivity index (χ0) is 15.5. The summed E-state index contributed by atoms with van der Waals surface area (Å²) in [5.41, 5.74) is 1.93. The van der Waals surface area contributed by atoms with E-state index in [1.807, 2.05) is 39.0 Å². The number of hydrogen-bond acceptors (Lipinski definition) is 3. The van der Waals surface area contributed by atoms with Crippen molar-refractivity contribution in [2.45, 2.75) is 33.4 Å². The summed E-state index contributed by atoms with van der Waals surface area (Å²) in [6, 6.07) is 5.66. The van der Waals surface area contributed by atoms with Crippen LogP contribution in [0.4, 0.5) is 0 Å². The first-order valence-corrected chi connectivity index (χ1v) is 7.92. The molecule has 0 heterocycles. The van der Waals surface area contributed by atoms with Crippen LogP contribution in [0, 0.1) is 6.92 Å². The average molecular weight is 300 g/mol. The predicted octanol–water partition coefficient (Wildman–Crippen LogP) is 2.02. The fourth-order valence-corrected chi connectivity index (χ4v) is 3.11. The Morgan fingerprint density at radius 2 is 1.85 bits per heavy atom. The molecule has 0 aromatic heterocycles. The molecular formula is C14H24N2O3S. The summed E-state index contributed by atoms with van der Waals surface area (Å²) in [6.45, 7) is 5.94. The second kappa shape index (κ2) is 6.56. The maximum atomic E-state index is 12.4. The van der Waals surface area contributed by atoms with Crippen LogP contribution in [0.1, 0.15) is 25.0 Å². The fraction of sp³-hybridized carbons (Fsp3) is 0.571. The van der Waals surface area contributed by atoms with Crippen LogP contribution in [0.3, 0.4) is 0 Å². The summed E-state index contributed by atoms with van der Waals surface area (Å²) in [7, 11) is 1.29. The highest BCUT2D eigenvalue weighted by Gasteiger charge is 2.26. The average Bonchev–Trinajstić information content (AvgIpc) is 2.37. The standard InChI is InChI=1S/C14H24N2O3S/c1-11(2)16(5)20(17,18)15(4)10-13-9-12(3)7-8-14(13)19-6/h7-9,11H,10H2,1-6H3. The van der Waals surface area contributed by atoms with Gasteiger partial charge in [0.15, 0.2) is 0 Å². The van der Waals surface area contributed by atoms with Gasteiger partial charge in [-0.05, 0) is 26.8 Å². The van der Waals surface area contributed by atoms with E-state index < -0.39 is 10.2 Å². The second-order valence-electron chi connectivity index (χ2n) is 5.19. The van der Waals surface area contributed by atoms with Crippen molar-refractivity contribution in [1.29, 1.82) is 0 Å². The molecule has 0 atom stereocenters. The van der Waals surface area contributed by atoms with E-state index >= 15 is 0 Å². The van der Waals surface area contributed by atoms with Crippen LogP contribution in [0.2, 0.25) is 0 Å². The Labute approximate surface area is 122 Å². The van der Waals surface area contributed by atoms with E-state index in [4.69, 9.17) is 4.74 Å². The van der Waals surface area contributed by atoms with Crippen molar-refractivity contribution in [1.82, 2.24) is 8.61 Å². The first-order chi connectivity index (χ1) is 9.20. The fourth-order valence-electron chi connectivity index (χ4n) is 1.84. The molecule has 0 aliphatic heterocycles. The summed E-state index contributed by atoms with van der Waals surface area (Å²) in [5, 5.41) is 0. The van der Waals surface area contributed by atoms with E-state index in [1.54, 1.807) is 21.2 Å². The Hall–Kier alpha value is -1.11. The molecule has 1 aromatic carbocycles. The van der Waals surface area contributed by atoms with Crippen LogP contribution in [0.15, 0.2) is 18.2 Å². The van der Waals surface area contributed by atoms with Crippen molar-refractivity contribution in [2.75, 3.05) is 21.2 Å². The van der Waals surface area contributed by atoms with Crippen LogP contribution < -0.4 is 4.74 Å². The van der Waals surface area contributed by atoms with E-state index in [-0.39, 0.29) is 12.6 Å². The van der Waals surface area contributed by atoms with Gasteiger partial charge in [-0.1, -0.05) is 17.7 Å². The van der Waals surface area contributed by atoms with Gasteiger partial charge in [-0.3, -0.25) is 0 Å². The molecule has 0 saturated carbocycles. The quantitative estimate of drug-likeness (QED) is 0.807. The van der Waals surface area contributed by atoms with Gasteiger partial charge in [0.2, 0.25) is 0 Å². The maximum Gasteiger partial charge on any atom is 0.282 e. The molecule has 0 unspecified atom stereocenters. The second-order valence-corrected chi connectivity index (χ2v) is 7.28. The van der Waals surface area contributed by atoms with Crippen LogP contribution in [-0.2, 0) is 16.8 Å². The van der Waals surface area contributed by atoms with Gasteiger partial charge in [0.25, 0.3) is 10.2 Å². The largest absolute Gasteiger partial charge is 0.496 e. The van der Waals surface area contributed by atoms with E-state index in [9.17, 15) is 8.42 Å². The highest BCUT2D eigenvalue weighted by atomic mass is 32.2. The molecule has 5 nitrogen and oxygen atoms in total. The monoisotopic (exact) mass is 300 g/mol. The number of ether oxygens (including phenoxy) is 1. The zero-order valence-electron chi connectivity index (χ0n) is 13.0. The topological polar surface area (TPSA) is 49.9 Å². The van der Waals surface area contributed by atoms with Gasteiger partial charge < -0.3 is 4.74 Å². The van der Waals surface area contributed by atoms with Gasteiger partial charge in [0, 0.05) is 32.2 Å². The molecule has 6 heteroatoms. The summed E-state index contributed by atoms with van der Waals surface area (Å²) in [4.78, 5) is 0. The SMILES string of the molecule is COc1ccc(C)cc1CN(C)S(=O)(=O)N(C)C(C)C. The van der Waals surface area contributed by atoms with Crippen molar-refractivity contribution in [3.8, 4) is 5.75 Å². The number of methoxy groups -OCH3 is 1. The Bertz CT molecular complexity index is 556. The highest BCUT2D eigenvalue weighted by molar-refractivity contribution is 7.86. The number of nitrogens with zero attached hydrogens (tertiary/aromatic N) is 2. The Morgan fingerprint density at radius 3 is 2.35 bits per heavy atom. The molecule has 0 radical (unpaired) electrons. The molecule has 0 fully saturated rings. The highest BCUT2D eigenvalue weighted by Crippen LogP contribution is 2.22. The minimum absolute atomic E-state index is 0.0816.